The molecular weight excluding hydrogens is 241 g/mol. The van der Waals surface area contributed by atoms with Crippen molar-refractivity contribution >= 4 is 0 Å². The van der Waals surface area contributed by atoms with Gasteiger partial charge in [0.1, 0.15) is 11.6 Å². The Balaban J connectivity index is 2.22. The number of benzene rings is 1. The highest BCUT2D eigenvalue weighted by Gasteiger charge is 2.07. The average Bonchev–Trinajstić information content (AvgIpc) is 2.45. The first kappa shape index (κ1) is 13.5. The maximum atomic E-state index is 13.9. The van der Waals surface area contributed by atoms with E-state index < -0.39 is 0 Å². The molecule has 19 heavy (non-hydrogen) atoms. The number of rotatable bonds is 5. The molecule has 1 aromatic heterocycles. The lowest BCUT2D eigenvalue weighted by Gasteiger charge is -2.06. The lowest BCUT2D eigenvalue weighted by atomic mass is 10.1. The second-order valence-electron chi connectivity index (χ2n) is 4.50. The van der Waals surface area contributed by atoms with E-state index in [9.17, 15) is 4.39 Å². The molecule has 2 rings (SSSR count). The molecule has 0 saturated heterocycles. The second-order valence-corrected chi connectivity index (χ2v) is 4.50. The Morgan fingerprint density at radius 3 is 2.63 bits per heavy atom. The number of unbranched alkanes of at least 4 members (excludes halogenated alkanes) is 1. The Morgan fingerprint density at radius 1 is 1.21 bits per heavy atom. The minimum absolute atomic E-state index is 0.312. The maximum Gasteiger partial charge on any atom is 0.136 e. The van der Waals surface area contributed by atoms with E-state index in [0.717, 1.165) is 19.3 Å². The van der Waals surface area contributed by atoms with Crippen LogP contribution in [-0.2, 0) is 6.42 Å². The number of halogens is 1. The predicted molar refractivity (Wildman–Crippen MR) is 74.8 cm³/mol. The average molecular weight is 259 g/mol. The molecule has 0 spiro atoms. The third kappa shape index (κ3) is 3.31. The molecule has 2 nitrogen and oxygen atoms in total. The molecule has 0 aliphatic rings. The number of nitrogens with zero attached hydrogens (tertiary/aromatic N) is 1. The van der Waals surface area contributed by atoms with Crippen LogP contribution in [0.5, 0.6) is 5.75 Å². The molecule has 0 radical (unpaired) electrons. The fraction of sp³-hybridized carbons (Fsp3) is 0.312. The molecule has 0 aliphatic carbocycles. The monoisotopic (exact) mass is 259 g/mol. The smallest absolute Gasteiger partial charge is 0.136 e. The second kappa shape index (κ2) is 6.32. The number of methoxy groups -OCH3 is 1. The molecule has 1 heterocycles. The summed E-state index contributed by atoms with van der Waals surface area (Å²) >= 11 is 0. The summed E-state index contributed by atoms with van der Waals surface area (Å²) in [6, 6.07) is 8.70. The first-order chi connectivity index (χ1) is 9.24. The summed E-state index contributed by atoms with van der Waals surface area (Å²) in [7, 11) is 1.52. The van der Waals surface area contributed by atoms with Crippen LogP contribution in [0.4, 0.5) is 4.39 Å². The largest absolute Gasteiger partial charge is 0.497 e. The zero-order chi connectivity index (χ0) is 13.7. The normalized spacial score (nSPS) is 10.5. The summed E-state index contributed by atoms with van der Waals surface area (Å²) < 4.78 is 18.9. The third-order valence-corrected chi connectivity index (χ3v) is 3.10. The Labute approximate surface area is 113 Å². The molecule has 100 valence electrons. The number of hydrogen-bond acceptors (Lipinski definition) is 2. The van der Waals surface area contributed by atoms with E-state index in [1.807, 2.05) is 18.3 Å². The minimum atomic E-state index is -0.312. The Bertz CT molecular complexity index is 537. The van der Waals surface area contributed by atoms with Crippen molar-refractivity contribution in [3.63, 3.8) is 0 Å². The van der Waals surface area contributed by atoms with Gasteiger partial charge in [0.05, 0.1) is 12.8 Å². The Hall–Kier alpha value is -1.90. The summed E-state index contributed by atoms with van der Waals surface area (Å²) in [5.74, 6) is 0.203. The van der Waals surface area contributed by atoms with Crippen LogP contribution in [0.15, 0.2) is 36.5 Å². The van der Waals surface area contributed by atoms with Crippen LogP contribution in [0.25, 0.3) is 11.3 Å². The van der Waals surface area contributed by atoms with Gasteiger partial charge in [0.25, 0.3) is 0 Å². The fourth-order valence-corrected chi connectivity index (χ4v) is 1.94. The Morgan fingerprint density at radius 2 is 2.05 bits per heavy atom. The van der Waals surface area contributed by atoms with Crippen LogP contribution in [0.2, 0.25) is 0 Å². The molecule has 0 aliphatic heterocycles. The molecular formula is C16H18FNO. The topological polar surface area (TPSA) is 22.1 Å². The van der Waals surface area contributed by atoms with Gasteiger partial charge in [-0.25, -0.2) is 4.39 Å². The first-order valence-corrected chi connectivity index (χ1v) is 6.53. The lowest BCUT2D eigenvalue weighted by molar-refractivity contribution is 0.411. The van der Waals surface area contributed by atoms with E-state index in [2.05, 4.69) is 11.9 Å². The molecule has 2 aromatic rings. The summed E-state index contributed by atoms with van der Waals surface area (Å²) in [4.78, 5) is 4.34. The van der Waals surface area contributed by atoms with Crippen molar-refractivity contribution in [2.24, 2.45) is 0 Å². The lowest BCUT2D eigenvalue weighted by Crippen LogP contribution is -1.92. The number of pyridine rings is 1. The van der Waals surface area contributed by atoms with Gasteiger partial charge in [0, 0.05) is 17.8 Å². The van der Waals surface area contributed by atoms with Crippen molar-refractivity contribution in [1.29, 1.82) is 0 Å². The van der Waals surface area contributed by atoms with Gasteiger partial charge < -0.3 is 4.74 Å². The third-order valence-electron chi connectivity index (χ3n) is 3.10. The summed E-state index contributed by atoms with van der Waals surface area (Å²) in [5.41, 5.74) is 2.35. The zero-order valence-electron chi connectivity index (χ0n) is 11.3. The minimum Gasteiger partial charge on any atom is -0.497 e. The molecule has 0 unspecified atom stereocenters. The summed E-state index contributed by atoms with van der Waals surface area (Å²) in [6.07, 6.45) is 5.16. The van der Waals surface area contributed by atoms with Gasteiger partial charge in [0.2, 0.25) is 0 Å². The van der Waals surface area contributed by atoms with Crippen molar-refractivity contribution < 1.29 is 9.13 Å². The Kier molecular flexibility index (Phi) is 4.50. The maximum absolute atomic E-state index is 13.9. The van der Waals surface area contributed by atoms with Crippen molar-refractivity contribution in [1.82, 2.24) is 4.98 Å². The van der Waals surface area contributed by atoms with Crippen molar-refractivity contribution in [2.75, 3.05) is 7.11 Å². The quantitative estimate of drug-likeness (QED) is 0.801. The fourth-order valence-electron chi connectivity index (χ4n) is 1.94. The highest BCUT2D eigenvalue weighted by atomic mass is 19.1. The summed E-state index contributed by atoms with van der Waals surface area (Å²) in [6.45, 7) is 2.16. The van der Waals surface area contributed by atoms with Gasteiger partial charge in [0.15, 0.2) is 0 Å². The standard InChI is InChI=1S/C16H18FNO/c1-3-4-5-12-6-9-16(18-11-12)14-8-7-13(19-2)10-15(14)17/h6-11H,3-5H2,1-2H3. The van der Waals surface area contributed by atoms with Crippen LogP contribution in [0, 0.1) is 5.82 Å². The van der Waals surface area contributed by atoms with Crippen LogP contribution in [0.3, 0.4) is 0 Å². The van der Waals surface area contributed by atoms with Crippen LogP contribution >= 0.6 is 0 Å². The van der Waals surface area contributed by atoms with Gasteiger partial charge in [-0.2, -0.15) is 0 Å². The van der Waals surface area contributed by atoms with Gasteiger partial charge in [-0.05, 0) is 36.6 Å². The predicted octanol–water partition coefficient (Wildman–Crippen LogP) is 4.24. The zero-order valence-corrected chi connectivity index (χ0v) is 11.3. The van der Waals surface area contributed by atoms with Gasteiger partial charge >= 0.3 is 0 Å². The number of aromatic nitrogens is 1. The number of ether oxygens (including phenoxy) is 1. The van der Waals surface area contributed by atoms with E-state index in [0.29, 0.717) is 17.0 Å². The van der Waals surface area contributed by atoms with E-state index in [1.54, 1.807) is 12.1 Å². The van der Waals surface area contributed by atoms with Gasteiger partial charge in [-0.3, -0.25) is 4.98 Å². The van der Waals surface area contributed by atoms with Crippen LogP contribution in [-0.4, -0.2) is 12.1 Å². The van der Waals surface area contributed by atoms with Gasteiger partial charge in [-0.15, -0.1) is 0 Å². The van der Waals surface area contributed by atoms with Crippen molar-refractivity contribution in [2.45, 2.75) is 26.2 Å². The molecule has 0 amide bonds. The number of aryl methyl sites for hydroxylation is 1. The summed E-state index contributed by atoms with van der Waals surface area (Å²) in [5, 5.41) is 0. The van der Waals surface area contributed by atoms with Crippen LogP contribution in [0.1, 0.15) is 25.3 Å². The first-order valence-electron chi connectivity index (χ1n) is 6.53. The van der Waals surface area contributed by atoms with Crippen molar-refractivity contribution in [3.8, 4) is 17.0 Å². The molecule has 0 saturated carbocycles. The molecule has 0 fully saturated rings. The highest BCUT2D eigenvalue weighted by Crippen LogP contribution is 2.24. The molecule has 0 bridgehead atoms. The van der Waals surface area contributed by atoms with Gasteiger partial charge in [-0.1, -0.05) is 19.4 Å². The van der Waals surface area contributed by atoms with Crippen LogP contribution < -0.4 is 4.74 Å². The van der Waals surface area contributed by atoms with E-state index in [-0.39, 0.29) is 5.82 Å². The van der Waals surface area contributed by atoms with Crippen molar-refractivity contribution in [3.05, 3.63) is 47.9 Å². The van der Waals surface area contributed by atoms with E-state index >= 15 is 0 Å². The van der Waals surface area contributed by atoms with E-state index in [1.165, 1.54) is 18.7 Å². The molecule has 0 atom stereocenters. The SMILES string of the molecule is CCCCc1ccc(-c2ccc(OC)cc2F)nc1. The number of hydrogen-bond donors (Lipinski definition) is 0. The van der Waals surface area contributed by atoms with E-state index in [4.69, 9.17) is 4.74 Å². The molecule has 0 N–H and O–H groups in total. The molecule has 3 heteroatoms. The highest BCUT2D eigenvalue weighted by molar-refractivity contribution is 5.61. The molecule has 1 aromatic carbocycles.